The van der Waals surface area contributed by atoms with Gasteiger partial charge in [-0.05, 0) is 30.5 Å². The van der Waals surface area contributed by atoms with Crippen LogP contribution in [0.4, 0.5) is 5.69 Å². The van der Waals surface area contributed by atoms with Crippen molar-refractivity contribution in [1.82, 2.24) is 14.8 Å². The zero-order valence-corrected chi connectivity index (χ0v) is 12.6. The Morgan fingerprint density at radius 2 is 2.14 bits per heavy atom. The van der Waals surface area contributed by atoms with Crippen molar-refractivity contribution in [2.24, 2.45) is 0 Å². The van der Waals surface area contributed by atoms with Crippen LogP contribution in [0.15, 0.2) is 36.9 Å². The maximum absolute atomic E-state index is 11.7. The predicted molar refractivity (Wildman–Crippen MR) is 85.7 cm³/mol. The van der Waals surface area contributed by atoms with Gasteiger partial charge in [-0.2, -0.15) is 0 Å². The smallest absolute Gasteiger partial charge is 0.224 e. The Bertz CT molecular complexity index is 672. The van der Waals surface area contributed by atoms with E-state index in [9.17, 15) is 4.79 Å². The number of fused-ring (bicyclic) bond motifs is 1. The largest absolute Gasteiger partial charge is 0.326 e. The van der Waals surface area contributed by atoms with Crippen LogP contribution in [-0.4, -0.2) is 20.7 Å². The van der Waals surface area contributed by atoms with Crippen molar-refractivity contribution in [1.29, 1.82) is 0 Å². The third-order valence-electron chi connectivity index (χ3n) is 3.86. The Morgan fingerprint density at radius 3 is 2.91 bits per heavy atom. The Morgan fingerprint density at radius 1 is 1.32 bits per heavy atom. The zero-order valence-electron chi connectivity index (χ0n) is 12.6. The summed E-state index contributed by atoms with van der Waals surface area (Å²) in [5.74, 6) is 2.14. The molecule has 0 saturated carbocycles. The minimum absolute atomic E-state index is 0.0166. The lowest BCUT2D eigenvalue weighted by Gasteiger charge is -2.06. The fourth-order valence-corrected chi connectivity index (χ4v) is 2.69. The van der Waals surface area contributed by atoms with Crippen LogP contribution in [0.3, 0.4) is 0 Å². The molecule has 114 valence electrons. The Labute approximate surface area is 130 Å². The van der Waals surface area contributed by atoms with Crippen molar-refractivity contribution in [3.8, 4) is 0 Å². The molecular formula is C17H20N4O. The zero-order chi connectivity index (χ0) is 15.4. The summed E-state index contributed by atoms with van der Waals surface area (Å²) < 4.78 is 2.21. The average Bonchev–Trinajstić information content (AvgIpc) is 3.12. The highest BCUT2D eigenvalue weighted by molar-refractivity contribution is 5.90. The van der Waals surface area contributed by atoms with E-state index < -0.39 is 0 Å². The van der Waals surface area contributed by atoms with Gasteiger partial charge in [0.15, 0.2) is 0 Å². The summed E-state index contributed by atoms with van der Waals surface area (Å²) >= 11 is 0. The van der Waals surface area contributed by atoms with Crippen LogP contribution in [-0.2, 0) is 24.2 Å². The highest BCUT2D eigenvalue weighted by Crippen LogP contribution is 2.18. The molecule has 1 aliphatic rings. The number of rotatable bonds is 6. The Balaban J connectivity index is 1.61. The second-order valence-corrected chi connectivity index (χ2v) is 5.54. The number of nitrogens with zero attached hydrogens (tertiary/aromatic N) is 3. The lowest BCUT2D eigenvalue weighted by molar-refractivity contribution is -0.116. The molecule has 1 aliphatic heterocycles. The number of nitrogens with one attached hydrogen (secondary N) is 1. The molecule has 0 spiro atoms. The minimum Gasteiger partial charge on any atom is -0.326 e. The van der Waals surface area contributed by atoms with E-state index in [1.807, 2.05) is 24.3 Å². The van der Waals surface area contributed by atoms with Crippen LogP contribution in [0.1, 0.15) is 36.5 Å². The van der Waals surface area contributed by atoms with E-state index in [4.69, 9.17) is 0 Å². The van der Waals surface area contributed by atoms with Crippen LogP contribution in [0.2, 0.25) is 0 Å². The number of benzene rings is 1. The molecule has 3 rings (SSSR count). The lowest BCUT2D eigenvalue weighted by Crippen LogP contribution is -2.10. The molecule has 0 unspecified atom stereocenters. The first-order valence-corrected chi connectivity index (χ1v) is 7.67. The molecule has 0 aliphatic carbocycles. The number of allylic oxidation sites excluding steroid dienone is 1. The number of aryl methyl sites for hydroxylation is 1. The van der Waals surface area contributed by atoms with Gasteiger partial charge < -0.3 is 9.88 Å². The number of carbonyl (C=O) groups is 1. The second kappa shape index (κ2) is 6.56. The minimum atomic E-state index is 0.0166. The third-order valence-corrected chi connectivity index (χ3v) is 3.86. The number of hydrogen-bond donors (Lipinski definition) is 1. The van der Waals surface area contributed by atoms with E-state index in [-0.39, 0.29) is 5.91 Å². The molecule has 1 aromatic carbocycles. The maximum atomic E-state index is 11.7. The van der Waals surface area contributed by atoms with Crippen molar-refractivity contribution < 1.29 is 4.79 Å². The van der Waals surface area contributed by atoms with Gasteiger partial charge in [0.05, 0.1) is 0 Å². The quantitative estimate of drug-likeness (QED) is 0.834. The molecule has 0 bridgehead atoms. The molecule has 0 atom stereocenters. The second-order valence-electron chi connectivity index (χ2n) is 5.54. The number of amides is 1. The SMILES string of the molecule is C=CCCC(=O)Nc1ccc(Cc2nnc3n2CCC3)cc1. The van der Waals surface area contributed by atoms with Crippen molar-refractivity contribution >= 4 is 11.6 Å². The van der Waals surface area contributed by atoms with Gasteiger partial charge in [-0.25, -0.2) is 0 Å². The highest BCUT2D eigenvalue weighted by Gasteiger charge is 2.17. The van der Waals surface area contributed by atoms with Gasteiger partial charge in [0.1, 0.15) is 11.6 Å². The van der Waals surface area contributed by atoms with Crippen molar-refractivity contribution in [3.05, 3.63) is 54.1 Å². The van der Waals surface area contributed by atoms with Crippen LogP contribution in [0, 0.1) is 0 Å². The van der Waals surface area contributed by atoms with Crippen LogP contribution in [0.5, 0.6) is 0 Å². The standard InChI is InChI=1S/C17H20N4O/c1-2-3-6-17(22)18-14-9-7-13(8-10-14)12-16-20-19-15-5-4-11-21(15)16/h2,7-10H,1,3-6,11-12H2,(H,18,22). The van der Waals surface area contributed by atoms with E-state index in [0.717, 1.165) is 43.1 Å². The normalized spacial score (nSPS) is 12.9. The van der Waals surface area contributed by atoms with E-state index in [1.54, 1.807) is 6.08 Å². The summed E-state index contributed by atoms with van der Waals surface area (Å²) in [7, 11) is 0. The van der Waals surface area contributed by atoms with E-state index in [2.05, 4.69) is 26.7 Å². The highest BCUT2D eigenvalue weighted by atomic mass is 16.1. The van der Waals surface area contributed by atoms with Crippen LogP contribution < -0.4 is 5.32 Å². The van der Waals surface area contributed by atoms with Crippen molar-refractivity contribution in [2.75, 3.05) is 5.32 Å². The van der Waals surface area contributed by atoms with E-state index in [0.29, 0.717) is 12.8 Å². The summed E-state index contributed by atoms with van der Waals surface area (Å²) in [6.07, 6.45) is 5.88. The molecule has 1 aromatic heterocycles. The molecule has 0 radical (unpaired) electrons. The monoisotopic (exact) mass is 296 g/mol. The molecule has 5 nitrogen and oxygen atoms in total. The maximum Gasteiger partial charge on any atom is 0.224 e. The van der Waals surface area contributed by atoms with Gasteiger partial charge in [-0.1, -0.05) is 18.2 Å². The van der Waals surface area contributed by atoms with Crippen molar-refractivity contribution in [3.63, 3.8) is 0 Å². The Kier molecular flexibility index (Phi) is 4.32. The summed E-state index contributed by atoms with van der Waals surface area (Å²) in [6.45, 7) is 4.64. The summed E-state index contributed by atoms with van der Waals surface area (Å²) in [4.78, 5) is 11.7. The van der Waals surface area contributed by atoms with Crippen LogP contribution >= 0.6 is 0 Å². The molecule has 1 N–H and O–H groups in total. The molecule has 2 aromatic rings. The number of aromatic nitrogens is 3. The number of anilines is 1. The van der Waals surface area contributed by atoms with Gasteiger partial charge in [-0.15, -0.1) is 16.8 Å². The lowest BCUT2D eigenvalue weighted by atomic mass is 10.1. The topological polar surface area (TPSA) is 59.8 Å². The molecule has 0 fully saturated rings. The first kappa shape index (κ1) is 14.5. The summed E-state index contributed by atoms with van der Waals surface area (Å²) in [5.41, 5.74) is 2.00. The van der Waals surface area contributed by atoms with Gasteiger partial charge in [-0.3, -0.25) is 4.79 Å². The first-order valence-electron chi connectivity index (χ1n) is 7.67. The third kappa shape index (κ3) is 3.24. The fraction of sp³-hybridized carbons (Fsp3) is 0.353. The molecule has 0 saturated heterocycles. The average molecular weight is 296 g/mol. The van der Waals surface area contributed by atoms with Gasteiger partial charge in [0, 0.05) is 31.5 Å². The van der Waals surface area contributed by atoms with E-state index in [1.165, 1.54) is 5.56 Å². The first-order chi connectivity index (χ1) is 10.8. The molecule has 1 amide bonds. The molecule has 2 heterocycles. The Hall–Kier alpha value is -2.43. The molecular weight excluding hydrogens is 276 g/mol. The van der Waals surface area contributed by atoms with Gasteiger partial charge in [0.25, 0.3) is 0 Å². The van der Waals surface area contributed by atoms with Gasteiger partial charge in [0.2, 0.25) is 5.91 Å². The van der Waals surface area contributed by atoms with Crippen molar-refractivity contribution in [2.45, 2.75) is 38.6 Å². The number of hydrogen-bond acceptors (Lipinski definition) is 3. The fourth-order valence-electron chi connectivity index (χ4n) is 2.69. The van der Waals surface area contributed by atoms with Gasteiger partial charge >= 0.3 is 0 Å². The summed E-state index contributed by atoms with van der Waals surface area (Å²) in [5, 5.41) is 11.4. The predicted octanol–water partition coefficient (Wildman–Crippen LogP) is 2.72. The summed E-state index contributed by atoms with van der Waals surface area (Å²) in [6, 6.07) is 7.92. The number of carbonyl (C=O) groups excluding carboxylic acids is 1. The van der Waals surface area contributed by atoms with E-state index >= 15 is 0 Å². The van der Waals surface area contributed by atoms with Crippen LogP contribution in [0.25, 0.3) is 0 Å². The molecule has 22 heavy (non-hydrogen) atoms. The molecule has 5 heteroatoms.